The van der Waals surface area contributed by atoms with Gasteiger partial charge in [-0.1, -0.05) is 6.92 Å². The van der Waals surface area contributed by atoms with E-state index in [2.05, 4.69) is 10.4 Å². The smallest absolute Gasteiger partial charge is 0.276 e. The van der Waals surface area contributed by atoms with Crippen LogP contribution in [0.3, 0.4) is 0 Å². The van der Waals surface area contributed by atoms with Crippen LogP contribution in [0.25, 0.3) is 0 Å². The van der Waals surface area contributed by atoms with Gasteiger partial charge in [-0.2, -0.15) is 5.10 Å². The fourth-order valence-electron chi connectivity index (χ4n) is 2.17. The van der Waals surface area contributed by atoms with Crippen LogP contribution in [0.15, 0.2) is 23.1 Å². The quantitative estimate of drug-likeness (QED) is 0.877. The third-order valence-electron chi connectivity index (χ3n) is 3.29. The molecular formula is C14H19N5O2. The second-order valence-electron chi connectivity index (χ2n) is 4.68. The van der Waals surface area contributed by atoms with Crippen LogP contribution in [0.4, 0.5) is 11.4 Å². The van der Waals surface area contributed by atoms with E-state index in [1.807, 2.05) is 13.8 Å². The van der Waals surface area contributed by atoms with Gasteiger partial charge in [0.25, 0.3) is 11.5 Å². The summed E-state index contributed by atoms with van der Waals surface area (Å²) in [4.78, 5) is 23.9. The van der Waals surface area contributed by atoms with E-state index in [1.54, 1.807) is 19.3 Å². The van der Waals surface area contributed by atoms with E-state index in [-0.39, 0.29) is 11.5 Å². The molecule has 0 saturated heterocycles. The highest BCUT2D eigenvalue weighted by Crippen LogP contribution is 2.18. The number of nitrogens with one attached hydrogen (secondary N) is 1. The zero-order valence-electron chi connectivity index (χ0n) is 12.4. The summed E-state index contributed by atoms with van der Waals surface area (Å²) in [5, 5.41) is 6.95. The summed E-state index contributed by atoms with van der Waals surface area (Å²) in [5.41, 5.74) is 7.79. The average molecular weight is 289 g/mol. The molecule has 0 bridgehead atoms. The van der Waals surface area contributed by atoms with Gasteiger partial charge >= 0.3 is 0 Å². The first kappa shape index (κ1) is 14.8. The molecule has 21 heavy (non-hydrogen) atoms. The number of pyridine rings is 1. The molecule has 0 aliphatic rings. The normalized spacial score (nSPS) is 10.6. The van der Waals surface area contributed by atoms with Crippen molar-refractivity contribution in [2.45, 2.75) is 26.8 Å². The van der Waals surface area contributed by atoms with Crippen molar-refractivity contribution in [2.24, 2.45) is 7.05 Å². The fourth-order valence-corrected chi connectivity index (χ4v) is 2.17. The third kappa shape index (κ3) is 2.81. The van der Waals surface area contributed by atoms with E-state index in [0.717, 1.165) is 0 Å². The number of aromatic nitrogens is 3. The van der Waals surface area contributed by atoms with E-state index in [0.29, 0.717) is 35.7 Å². The van der Waals surface area contributed by atoms with Crippen molar-refractivity contribution in [3.8, 4) is 0 Å². The van der Waals surface area contributed by atoms with Crippen molar-refractivity contribution in [1.82, 2.24) is 14.3 Å². The minimum Gasteiger partial charge on any atom is -0.395 e. The molecule has 2 aromatic heterocycles. The topological polar surface area (TPSA) is 94.9 Å². The second-order valence-corrected chi connectivity index (χ2v) is 4.68. The van der Waals surface area contributed by atoms with Gasteiger partial charge in [0.1, 0.15) is 5.69 Å². The van der Waals surface area contributed by atoms with Crippen LogP contribution in [0.1, 0.15) is 30.0 Å². The Morgan fingerprint density at radius 2 is 2.10 bits per heavy atom. The molecule has 112 valence electrons. The summed E-state index contributed by atoms with van der Waals surface area (Å²) in [6.45, 7) is 4.33. The number of anilines is 2. The molecule has 0 aliphatic heterocycles. The highest BCUT2D eigenvalue weighted by Gasteiger charge is 2.19. The minimum absolute atomic E-state index is 0.108. The molecule has 0 fully saturated rings. The fraction of sp³-hybridized carbons (Fsp3) is 0.357. The highest BCUT2D eigenvalue weighted by atomic mass is 16.2. The van der Waals surface area contributed by atoms with Crippen LogP contribution in [0.2, 0.25) is 0 Å². The zero-order chi connectivity index (χ0) is 15.6. The van der Waals surface area contributed by atoms with Crippen molar-refractivity contribution in [3.05, 3.63) is 40.1 Å². The molecule has 0 spiro atoms. The Morgan fingerprint density at radius 1 is 1.38 bits per heavy atom. The van der Waals surface area contributed by atoms with E-state index < -0.39 is 0 Å². The molecule has 2 aromatic rings. The molecule has 2 rings (SSSR count). The largest absolute Gasteiger partial charge is 0.395 e. The van der Waals surface area contributed by atoms with Gasteiger partial charge in [-0.25, -0.2) is 0 Å². The molecule has 7 nitrogen and oxygen atoms in total. The monoisotopic (exact) mass is 289 g/mol. The highest BCUT2D eigenvalue weighted by molar-refractivity contribution is 6.06. The molecule has 3 N–H and O–H groups in total. The van der Waals surface area contributed by atoms with Gasteiger partial charge in [0.15, 0.2) is 0 Å². The number of nitrogens with zero attached hydrogens (tertiary/aromatic N) is 3. The molecule has 0 atom stereocenters. The van der Waals surface area contributed by atoms with E-state index in [9.17, 15) is 9.59 Å². The van der Waals surface area contributed by atoms with Crippen molar-refractivity contribution in [1.29, 1.82) is 0 Å². The first-order valence-corrected chi connectivity index (χ1v) is 6.81. The van der Waals surface area contributed by atoms with Gasteiger partial charge in [-0.15, -0.1) is 0 Å². The number of carbonyl (C=O) groups excluding carboxylic acids is 1. The lowest BCUT2D eigenvalue weighted by atomic mass is 10.2. The molecule has 1 amide bonds. The molecule has 7 heteroatoms. The summed E-state index contributed by atoms with van der Waals surface area (Å²) in [7, 11) is 1.68. The first-order valence-electron chi connectivity index (χ1n) is 6.81. The Hall–Kier alpha value is -2.57. The Morgan fingerprint density at radius 3 is 2.67 bits per heavy atom. The average Bonchev–Trinajstić information content (AvgIpc) is 2.75. The first-order chi connectivity index (χ1) is 9.97. The Bertz CT molecular complexity index is 729. The Labute approximate surface area is 122 Å². The molecule has 2 heterocycles. The summed E-state index contributed by atoms with van der Waals surface area (Å²) in [6, 6.07) is 2.99. The number of rotatable bonds is 4. The number of nitrogen functional groups attached to an aromatic ring is 1. The predicted octanol–water partition coefficient (Wildman–Crippen LogP) is 0.999. The number of hydrogen-bond donors (Lipinski definition) is 2. The Balaban J connectivity index is 2.30. The lowest BCUT2D eigenvalue weighted by Crippen LogP contribution is -2.21. The summed E-state index contributed by atoms with van der Waals surface area (Å²) < 4.78 is 2.99. The van der Waals surface area contributed by atoms with Gasteiger partial charge in [-0.05, 0) is 19.4 Å². The number of nitrogens with two attached hydrogens (primary N) is 1. The second kappa shape index (κ2) is 5.82. The molecule has 0 saturated carbocycles. The van der Waals surface area contributed by atoms with E-state index in [1.165, 1.54) is 15.3 Å². The zero-order valence-corrected chi connectivity index (χ0v) is 12.4. The standard InChI is InChI=1S/C14H19N5O2/c1-4-10-12(15)13(18(3)17-10)14(21)16-9-6-7-11(20)19(5-2)8-9/h6-8H,4-5,15H2,1-3H3,(H,16,21). The SMILES string of the molecule is CCc1nn(C)c(C(=O)Nc2ccc(=O)n(CC)c2)c1N. The molecule has 0 aromatic carbocycles. The maximum Gasteiger partial charge on any atom is 0.276 e. The summed E-state index contributed by atoms with van der Waals surface area (Å²) >= 11 is 0. The van der Waals surface area contributed by atoms with Gasteiger partial charge in [0.2, 0.25) is 0 Å². The van der Waals surface area contributed by atoms with Crippen LogP contribution < -0.4 is 16.6 Å². The van der Waals surface area contributed by atoms with Crippen LogP contribution in [0.5, 0.6) is 0 Å². The van der Waals surface area contributed by atoms with Crippen LogP contribution in [-0.4, -0.2) is 20.3 Å². The number of amides is 1. The van der Waals surface area contributed by atoms with Crippen LogP contribution in [-0.2, 0) is 20.0 Å². The third-order valence-corrected chi connectivity index (χ3v) is 3.29. The minimum atomic E-state index is -0.344. The van der Waals surface area contributed by atoms with Gasteiger partial charge in [0, 0.05) is 25.9 Å². The molecular weight excluding hydrogens is 270 g/mol. The van der Waals surface area contributed by atoms with Gasteiger partial charge < -0.3 is 15.6 Å². The van der Waals surface area contributed by atoms with Crippen molar-refractivity contribution in [2.75, 3.05) is 11.1 Å². The van der Waals surface area contributed by atoms with Crippen LogP contribution in [0, 0.1) is 0 Å². The van der Waals surface area contributed by atoms with Crippen LogP contribution >= 0.6 is 0 Å². The van der Waals surface area contributed by atoms with E-state index in [4.69, 9.17) is 5.73 Å². The Kier molecular flexibility index (Phi) is 4.11. The van der Waals surface area contributed by atoms with Crippen molar-refractivity contribution >= 4 is 17.3 Å². The van der Waals surface area contributed by atoms with Crippen molar-refractivity contribution in [3.63, 3.8) is 0 Å². The van der Waals surface area contributed by atoms with Crippen molar-refractivity contribution < 1.29 is 4.79 Å². The molecule has 0 aliphatic carbocycles. The number of carbonyl (C=O) groups is 1. The van der Waals surface area contributed by atoms with E-state index >= 15 is 0 Å². The lowest BCUT2D eigenvalue weighted by Gasteiger charge is -2.08. The summed E-state index contributed by atoms with van der Waals surface area (Å²) in [5.74, 6) is -0.344. The molecule has 0 unspecified atom stereocenters. The molecule has 0 radical (unpaired) electrons. The number of aryl methyl sites for hydroxylation is 3. The predicted molar refractivity (Wildman–Crippen MR) is 81.3 cm³/mol. The van der Waals surface area contributed by atoms with Gasteiger partial charge in [-0.3, -0.25) is 14.3 Å². The maximum absolute atomic E-state index is 12.3. The van der Waals surface area contributed by atoms with Gasteiger partial charge in [0.05, 0.1) is 17.1 Å². The number of hydrogen-bond acceptors (Lipinski definition) is 4. The summed E-state index contributed by atoms with van der Waals surface area (Å²) in [6.07, 6.45) is 2.27. The maximum atomic E-state index is 12.3. The lowest BCUT2D eigenvalue weighted by molar-refractivity contribution is 0.101.